The van der Waals surface area contributed by atoms with Gasteiger partial charge in [0.25, 0.3) is 0 Å². The fraction of sp³-hybridized carbons (Fsp3) is 0.700. The highest BCUT2D eigenvalue weighted by molar-refractivity contribution is 5.82. The molecule has 0 aromatic rings. The third kappa shape index (κ3) is 2.56. The zero-order valence-corrected chi connectivity index (χ0v) is 8.46. The van der Waals surface area contributed by atoms with Crippen LogP contribution in [0.1, 0.15) is 33.6 Å². The van der Waals surface area contributed by atoms with Gasteiger partial charge in [0.05, 0.1) is 0 Å². The van der Waals surface area contributed by atoms with Gasteiger partial charge in [-0.3, -0.25) is 4.79 Å². The van der Waals surface area contributed by atoms with E-state index in [1.54, 1.807) is 0 Å². The summed E-state index contributed by atoms with van der Waals surface area (Å²) >= 11 is 0. The summed E-state index contributed by atoms with van der Waals surface area (Å²) in [6.07, 6.45) is 5.01. The molecule has 0 unspecified atom stereocenters. The first-order valence-corrected chi connectivity index (χ1v) is 4.51. The van der Waals surface area contributed by atoms with Gasteiger partial charge < -0.3 is 10.5 Å². The number of nitrogens with two attached hydrogens (primary N) is 1. The molecule has 0 radical (unpaired) electrons. The molecule has 3 heteroatoms. The molecule has 0 aromatic carbocycles. The molecule has 0 fully saturated rings. The highest BCUT2D eigenvalue weighted by Crippen LogP contribution is 2.24. The van der Waals surface area contributed by atoms with Gasteiger partial charge in [-0.2, -0.15) is 0 Å². The minimum absolute atomic E-state index is 0.301. The Bertz CT molecular complexity index is 230. The number of ether oxygens (including phenoxy) is 1. The van der Waals surface area contributed by atoms with Gasteiger partial charge in [-0.05, 0) is 33.6 Å². The number of hydrogen-bond donors (Lipinski definition) is 1. The first-order chi connectivity index (χ1) is 5.83. The van der Waals surface area contributed by atoms with E-state index in [0.717, 1.165) is 0 Å². The van der Waals surface area contributed by atoms with Crippen LogP contribution in [0.4, 0.5) is 0 Å². The molecule has 0 atom stereocenters. The molecule has 1 rings (SSSR count). The van der Waals surface area contributed by atoms with Crippen LogP contribution in [-0.4, -0.2) is 17.1 Å². The van der Waals surface area contributed by atoms with Crippen molar-refractivity contribution in [3.8, 4) is 0 Å². The fourth-order valence-corrected chi connectivity index (χ4v) is 1.22. The first kappa shape index (κ1) is 10.3. The largest absolute Gasteiger partial charge is 0.459 e. The predicted octanol–water partition coefficient (Wildman–Crippen LogP) is 1.38. The average molecular weight is 183 g/mol. The van der Waals surface area contributed by atoms with Gasteiger partial charge >= 0.3 is 5.97 Å². The van der Waals surface area contributed by atoms with Gasteiger partial charge in [0.1, 0.15) is 11.1 Å². The van der Waals surface area contributed by atoms with Crippen molar-refractivity contribution in [2.45, 2.75) is 44.8 Å². The van der Waals surface area contributed by atoms with E-state index in [4.69, 9.17) is 10.5 Å². The first-order valence-electron chi connectivity index (χ1n) is 4.51. The van der Waals surface area contributed by atoms with Crippen LogP contribution in [0.5, 0.6) is 0 Å². The van der Waals surface area contributed by atoms with E-state index < -0.39 is 11.1 Å². The lowest BCUT2D eigenvalue weighted by Crippen LogP contribution is -2.49. The van der Waals surface area contributed by atoms with Crippen LogP contribution in [0.2, 0.25) is 0 Å². The lowest BCUT2D eigenvalue weighted by molar-refractivity contribution is -0.161. The van der Waals surface area contributed by atoms with E-state index in [-0.39, 0.29) is 5.97 Å². The minimum Gasteiger partial charge on any atom is -0.459 e. The van der Waals surface area contributed by atoms with Crippen LogP contribution >= 0.6 is 0 Å². The standard InChI is InChI=1S/C10H17NO2/c1-9(2,3)13-8(12)10(11)6-4-5-7-10/h4-5H,6-7,11H2,1-3H3. The molecule has 1 aliphatic carbocycles. The SMILES string of the molecule is CC(C)(C)OC(=O)C1(N)CC=CC1. The van der Waals surface area contributed by atoms with E-state index in [9.17, 15) is 4.79 Å². The van der Waals surface area contributed by atoms with Crippen LogP contribution < -0.4 is 5.73 Å². The molecule has 2 N–H and O–H groups in total. The molecule has 1 aliphatic rings. The number of hydrogen-bond acceptors (Lipinski definition) is 3. The van der Waals surface area contributed by atoms with Gasteiger partial charge in [-0.15, -0.1) is 0 Å². The summed E-state index contributed by atoms with van der Waals surface area (Å²) in [5, 5.41) is 0. The number of esters is 1. The summed E-state index contributed by atoms with van der Waals surface area (Å²) in [6, 6.07) is 0. The highest BCUT2D eigenvalue weighted by atomic mass is 16.6. The van der Waals surface area contributed by atoms with Gasteiger partial charge in [0.15, 0.2) is 0 Å². The van der Waals surface area contributed by atoms with E-state index in [2.05, 4.69) is 0 Å². The number of carbonyl (C=O) groups excluding carboxylic acids is 1. The van der Waals surface area contributed by atoms with Gasteiger partial charge in [0.2, 0.25) is 0 Å². The molecular weight excluding hydrogens is 166 g/mol. The second-order valence-corrected chi connectivity index (χ2v) is 4.54. The Hall–Kier alpha value is -0.830. The second-order valence-electron chi connectivity index (χ2n) is 4.54. The Kier molecular flexibility index (Phi) is 2.48. The molecule has 74 valence electrons. The van der Waals surface area contributed by atoms with Crippen molar-refractivity contribution in [3.63, 3.8) is 0 Å². The smallest absolute Gasteiger partial charge is 0.327 e. The Morgan fingerprint density at radius 2 is 1.85 bits per heavy atom. The Morgan fingerprint density at radius 1 is 1.38 bits per heavy atom. The zero-order chi connectivity index (χ0) is 10.1. The maximum Gasteiger partial charge on any atom is 0.327 e. The maximum atomic E-state index is 11.6. The summed E-state index contributed by atoms with van der Waals surface area (Å²) in [4.78, 5) is 11.6. The van der Waals surface area contributed by atoms with Crippen molar-refractivity contribution in [1.29, 1.82) is 0 Å². The van der Waals surface area contributed by atoms with Crippen LogP contribution in [0, 0.1) is 0 Å². The molecule has 0 spiro atoms. The molecule has 0 aromatic heterocycles. The number of rotatable bonds is 1. The normalized spacial score (nSPS) is 20.3. The minimum atomic E-state index is -0.812. The molecule has 0 aliphatic heterocycles. The lowest BCUT2D eigenvalue weighted by atomic mass is 9.98. The van der Waals surface area contributed by atoms with Gasteiger partial charge in [-0.1, -0.05) is 12.2 Å². The molecule has 0 saturated carbocycles. The van der Waals surface area contributed by atoms with Crippen LogP contribution in [0.25, 0.3) is 0 Å². The quantitative estimate of drug-likeness (QED) is 0.493. The van der Waals surface area contributed by atoms with E-state index >= 15 is 0 Å². The second kappa shape index (κ2) is 3.14. The average Bonchev–Trinajstić information content (AvgIpc) is 2.33. The van der Waals surface area contributed by atoms with Crippen molar-refractivity contribution in [3.05, 3.63) is 12.2 Å². The van der Waals surface area contributed by atoms with Crippen molar-refractivity contribution >= 4 is 5.97 Å². The monoisotopic (exact) mass is 183 g/mol. The predicted molar refractivity (Wildman–Crippen MR) is 51.1 cm³/mol. The van der Waals surface area contributed by atoms with Crippen molar-refractivity contribution in [1.82, 2.24) is 0 Å². The lowest BCUT2D eigenvalue weighted by Gasteiger charge is -2.27. The molecule has 0 amide bonds. The molecule has 0 bridgehead atoms. The van der Waals surface area contributed by atoms with Crippen molar-refractivity contribution in [2.75, 3.05) is 0 Å². The summed E-state index contributed by atoms with van der Waals surface area (Å²) in [5.74, 6) is -0.301. The van der Waals surface area contributed by atoms with Gasteiger partial charge in [-0.25, -0.2) is 0 Å². The molecule has 0 saturated heterocycles. The maximum absolute atomic E-state index is 11.6. The summed E-state index contributed by atoms with van der Waals surface area (Å²) in [6.45, 7) is 5.53. The Morgan fingerprint density at radius 3 is 2.23 bits per heavy atom. The summed E-state index contributed by atoms with van der Waals surface area (Å²) < 4.78 is 5.22. The Labute approximate surface area is 78.9 Å². The van der Waals surface area contributed by atoms with Crippen LogP contribution in [0.3, 0.4) is 0 Å². The van der Waals surface area contributed by atoms with Crippen LogP contribution in [0.15, 0.2) is 12.2 Å². The molecule has 13 heavy (non-hydrogen) atoms. The van der Waals surface area contributed by atoms with Crippen molar-refractivity contribution in [2.24, 2.45) is 5.73 Å². The highest BCUT2D eigenvalue weighted by Gasteiger charge is 2.38. The third-order valence-corrected chi connectivity index (χ3v) is 1.94. The van der Waals surface area contributed by atoms with Crippen molar-refractivity contribution < 1.29 is 9.53 Å². The van der Waals surface area contributed by atoms with Crippen LogP contribution in [-0.2, 0) is 9.53 Å². The fourth-order valence-electron chi connectivity index (χ4n) is 1.22. The Balaban J connectivity index is 2.58. The molecule has 0 heterocycles. The summed E-state index contributed by atoms with van der Waals surface area (Å²) in [7, 11) is 0. The van der Waals surface area contributed by atoms with E-state index in [0.29, 0.717) is 12.8 Å². The summed E-state index contributed by atoms with van der Waals surface area (Å²) in [5.41, 5.74) is 4.61. The zero-order valence-electron chi connectivity index (χ0n) is 8.46. The van der Waals surface area contributed by atoms with Gasteiger partial charge in [0, 0.05) is 0 Å². The van der Waals surface area contributed by atoms with E-state index in [1.807, 2.05) is 32.9 Å². The molecule has 3 nitrogen and oxygen atoms in total. The van der Waals surface area contributed by atoms with E-state index in [1.165, 1.54) is 0 Å². The number of carbonyl (C=O) groups is 1. The topological polar surface area (TPSA) is 52.3 Å². The molecular formula is C10H17NO2. The third-order valence-electron chi connectivity index (χ3n) is 1.94.